The summed E-state index contributed by atoms with van der Waals surface area (Å²) in [5.41, 5.74) is 2.13. The van der Waals surface area contributed by atoms with E-state index < -0.39 is 6.10 Å². The Bertz CT molecular complexity index is 762. The molecule has 0 spiro atoms. The Labute approximate surface area is 146 Å². The molecular weight excluding hydrogens is 328 g/mol. The van der Waals surface area contributed by atoms with E-state index >= 15 is 0 Å². The molecule has 0 saturated carbocycles. The second-order valence-corrected chi connectivity index (χ2v) is 5.80. The van der Waals surface area contributed by atoms with Gasteiger partial charge in [0.05, 0.1) is 5.02 Å². The van der Waals surface area contributed by atoms with Crippen LogP contribution in [0.5, 0.6) is 5.75 Å². The van der Waals surface area contributed by atoms with E-state index in [0.717, 1.165) is 5.56 Å². The van der Waals surface area contributed by atoms with Gasteiger partial charge in [-0.3, -0.25) is 9.59 Å². The first-order valence-corrected chi connectivity index (χ1v) is 7.85. The molecule has 5 nitrogen and oxygen atoms in total. The van der Waals surface area contributed by atoms with Crippen molar-refractivity contribution in [2.24, 2.45) is 0 Å². The van der Waals surface area contributed by atoms with Crippen LogP contribution in [0.4, 0.5) is 11.4 Å². The van der Waals surface area contributed by atoms with Crippen LogP contribution < -0.4 is 15.4 Å². The Morgan fingerprint density at radius 1 is 1.12 bits per heavy atom. The number of aryl methyl sites for hydroxylation is 1. The molecule has 0 radical (unpaired) electrons. The molecule has 0 aliphatic carbocycles. The van der Waals surface area contributed by atoms with Crippen LogP contribution in [0, 0.1) is 6.92 Å². The Morgan fingerprint density at radius 2 is 1.83 bits per heavy atom. The Morgan fingerprint density at radius 3 is 2.50 bits per heavy atom. The van der Waals surface area contributed by atoms with Crippen LogP contribution in [0.15, 0.2) is 42.5 Å². The summed E-state index contributed by atoms with van der Waals surface area (Å²) in [5, 5.41) is 5.93. The maximum absolute atomic E-state index is 12.3. The minimum atomic E-state index is -0.726. The van der Waals surface area contributed by atoms with Crippen molar-refractivity contribution in [3.8, 4) is 5.75 Å². The molecule has 6 heteroatoms. The summed E-state index contributed by atoms with van der Waals surface area (Å²) in [5.74, 6) is -0.0331. The molecule has 0 aliphatic rings. The largest absolute Gasteiger partial charge is 0.479 e. The quantitative estimate of drug-likeness (QED) is 0.859. The smallest absolute Gasteiger partial charge is 0.265 e. The van der Waals surface area contributed by atoms with E-state index in [2.05, 4.69) is 10.6 Å². The lowest BCUT2D eigenvalue weighted by atomic mass is 10.1. The highest BCUT2D eigenvalue weighted by atomic mass is 35.5. The molecule has 0 aromatic heterocycles. The van der Waals surface area contributed by atoms with Crippen molar-refractivity contribution in [2.45, 2.75) is 26.9 Å². The number of amides is 2. The van der Waals surface area contributed by atoms with E-state index in [4.69, 9.17) is 16.3 Å². The summed E-state index contributed by atoms with van der Waals surface area (Å²) in [7, 11) is 0. The molecule has 0 heterocycles. The van der Waals surface area contributed by atoms with Gasteiger partial charge in [-0.15, -0.1) is 0 Å². The summed E-state index contributed by atoms with van der Waals surface area (Å²) in [4.78, 5) is 23.5. The van der Waals surface area contributed by atoms with Crippen molar-refractivity contribution in [3.05, 3.63) is 53.1 Å². The Kier molecular flexibility index (Phi) is 5.82. The molecule has 1 atom stereocenters. The molecular formula is C18H19ClN2O3. The lowest BCUT2D eigenvalue weighted by Crippen LogP contribution is -2.30. The number of para-hydroxylation sites is 1. The third kappa shape index (κ3) is 4.73. The SMILES string of the molecule is CC(=O)Nc1cc(NC(=O)C(C)Oc2ccccc2Cl)ccc1C. The van der Waals surface area contributed by atoms with E-state index in [1.165, 1.54) is 6.92 Å². The van der Waals surface area contributed by atoms with Gasteiger partial charge in [-0.2, -0.15) is 0 Å². The van der Waals surface area contributed by atoms with Gasteiger partial charge >= 0.3 is 0 Å². The Hall–Kier alpha value is -2.53. The van der Waals surface area contributed by atoms with Crippen LogP contribution in [0.3, 0.4) is 0 Å². The van der Waals surface area contributed by atoms with E-state index in [0.29, 0.717) is 22.1 Å². The highest BCUT2D eigenvalue weighted by Gasteiger charge is 2.16. The zero-order valence-corrected chi connectivity index (χ0v) is 14.5. The highest BCUT2D eigenvalue weighted by molar-refractivity contribution is 6.32. The van der Waals surface area contributed by atoms with E-state index in [1.54, 1.807) is 43.3 Å². The number of ether oxygens (including phenoxy) is 1. The van der Waals surface area contributed by atoms with Crippen LogP contribution in [0.1, 0.15) is 19.4 Å². The predicted octanol–water partition coefficient (Wildman–Crippen LogP) is 4.01. The number of halogens is 1. The summed E-state index contributed by atoms with van der Waals surface area (Å²) in [6.45, 7) is 4.95. The zero-order chi connectivity index (χ0) is 17.7. The third-order valence-electron chi connectivity index (χ3n) is 3.33. The van der Waals surface area contributed by atoms with Gasteiger partial charge in [0.1, 0.15) is 5.75 Å². The molecule has 1 unspecified atom stereocenters. The van der Waals surface area contributed by atoms with Crippen molar-refractivity contribution in [1.29, 1.82) is 0 Å². The van der Waals surface area contributed by atoms with Crippen molar-refractivity contribution in [2.75, 3.05) is 10.6 Å². The van der Waals surface area contributed by atoms with Crippen LogP contribution in [0.25, 0.3) is 0 Å². The van der Waals surface area contributed by atoms with Gasteiger partial charge in [-0.05, 0) is 43.7 Å². The molecule has 2 amide bonds. The molecule has 0 bridgehead atoms. The zero-order valence-electron chi connectivity index (χ0n) is 13.7. The highest BCUT2D eigenvalue weighted by Crippen LogP contribution is 2.25. The monoisotopic (exact) mass is 346 g/mol. The fourth-order valence-electron chi connectivity index (χ4n) is 2.05. The predicted molar refractivity (Wildman–Crippen MR) is 95.7 cm³/mol. The summed E-state index contributed by atoms with van der Waals surface area (Å²) < 4.78 is 5.58. The van der Waals surface area contributed by atoms with E-state index in [9.17, 15) is 9.59 Å². The number of hydrogen-bond donors (Lipinski definition) is 2. The minimum absolute atomic E-state index is 0.169. The second-order valence-electron chi connectivity index (χ2n) is 5.39. The average molecular weight is 347 g/mol. The lowest BCUT2D eigenvalue weighted by molar-refractivity contribution is -0.122. The number of rotatable bonds is 5. The lowest BCUT2D eigenvalue weighted by Gasteiger charge is -2.16. The fourth-order valence-corrected chi connectivity index (χ4v) is 2.23. The molecule has 0 fully saturated rings. The molecule has 2 rings (SSSR count). The van der Waals surface area contributed by atoms with Gasteiger partial charge in [0.15, 0.2) is 6.10 Å². The number of carbonyl (C=O) groups is 2. The van der Waals surface area contributed by atoms with Crippen molar-refractivity contribution < 1.29 is 14.3 Å². The van der Waals surface area contributed by atoms with Crippen molar-refractivity contribution in [3.63, 3.8) is 0 Å². The third-order valence-corrected chi connectivity index (χ3v) is 3.64. The first-order chi connectivity index (χ1) is 11.4. The van der Waals surface area contributed by atoms with Crippen LogP contribution in [-0.2, 0) is 9.59 Å². The summed E-state index contributed by atoms with van der Waals surface area (Å²) in [6.07, 6.45) is -0.726. The maximum atomic E-state index is 12.3. The van der Waals surface area contributed by atoms with Gasteiger partial charge in [-0.25, -0.2) is 0 Å². The Balaban J connectivity index is 2.06. The first kappa shape index (κ1) is 17.8. The normalized spacial score (nSPS) is 11.5. The molecule has 0 aliphatic heterocycles. The first-order valence-electron chi connectivity index (χ1n) is 7.47. The summed E-state index contributed by atoms with van der Waals surface area (Å²) >= 11 is 6.02. The van der Waals surface area contributed by atoms with Crippen LogP contribution >= 0.6 is 11.6 Å². The van der Waals surface area contributed by atoms with Gasteiger partial charge in [0.2, 0.25) is 5.91 Å². The standard InChI is InChI=1S/C18H19ClN2O3/c1-11-8-9-14(10-16(11)20-13(3)22)21-18(23)12(2)24-17-7-5-4-6-15(17)19/h4-10,12H,1-3H3,(H,20,22)(H,21,23). The number of hydrogen-bond acceptors (Lipinski definition) is 3. The summed E-state index contributed by atoms with van der Waals surface area (Å²) in [6, 6.07) is 12.3. The van der Waals surface area contributed by atoms with Crippen LogP contribution in [0.2, 0.25) is 5.02 Å². The van der Waals surface area contributed by atoms with Crippen LogP contribution in [-0.4, -0.2) is 17.9 Å². The van der Waals surface area contributed by atoms with Gasteiger partial charge in [0.25, 0.3) is 5.91 Å². The molecule has 2 N–H and O–H groups in total. The molecule has 24 heavy (non-hydrogen) atoms. The topological polar surface area (TPSA) is 67.4 Å². The molecule has 2 aromatic carbocycles. The average Bonchev–Trinajstić information content (AvgIpc) is 2.52. The van der Waals surface area contributed by atoms with E-state index in [-0.39, 0.29) is 11.8 Å². The van der Waals surface area contributed by atoms with Gasteiger partial charge < -0.3 is 15.4 Å². The maximum Gasteiger partial charge on any atom is 0.265 e. The van der Waals surface area contributed by atoms with Gasteiger partial charge in [0, 0.05) is 18.3 Å². The number of anilines is 2. The number of carbonyl (C=O) groups excluding carboxylic acids is 2. The number of benzene rings is 2. The molecule has 0 saturated heterocycles. The fraction of sp³-hybridized carbons (Fsp3) is 0.222. The number of nitrogens with one attached hydrogen (secondary N) is 2. The molecule has 126 valence electrons. The van der Waals surface area contributed by atoms with Gasteiger partial charge in [-0.1, -0.05) is 29.8 Å². The van der Waals surface area contributed by atoms with Crippen molar-refractivity contribution in [1.82, 2.24) is 0 Å². The minimum Gasteiger partial charge on any atom is -0.479 e. The molecule has 2 aromatic rings. The second kappa shape index (κ2) is 7.84. The van der Waals surface area contributed by atoms with E-state index in [1.807, 2.05) is 13.0 Å². The van der Waals surface area contributed by atoms with Crippen molar-refractivity contribution >= 4 is 34.8 Å².